The third-order valence-corrected chi connectivity index (χ3v) is 4.23. The fourth-order valence-electron chi connectivity index (χ4n) is 1.67. The summed E-state index contributed by atoms with van der Waals surface area (Å²) in [5, 5.41) is 0. The van der Waals surface area contributed by atoms with E-state index < -0.39 is 16.0 Å². The van der Waals surface area contributed by atoms with Crippen LogP contribution in [0.2, 0.25) is 0 Å². The lowest BCUT2D eigenvalue weighted by atomic mass is 10.2. The SMILES string of the molecule is CCOC(=O)c1ccc(S(=O)(=O)NCCCN(C)C)cc1. The normalized spacial score (nSPS) is 11.6. The van der Waals surface area contributed by atoms with Crippen LogP contribution in [0.1, 0.15) is 23.7 Å². The Morgan fingerprint density at radius 1 is 1.24 bits per heavy atom. The number of hydrogen-bond donors (Lipinski definition) is 1. The monoisotopic (exact) mass is 314 g/mol. The van der Waals surface area contributed by atoms with Gasteiger partial charge in [-0.2, -0.15) is 0 Å². The maximum atomic E-state index is 12.0. The van der Waals surface area contributed by atoms with E-state index in [4.69, 9.17) is 4.74 Å². The Morgan fingerprint density at radius 3 is 2.38 bits per heavy atom. The Morgan fingerprint density at radius 2 is 1.86 bits per heavy atom. The number of benzene rings is 1. The number of nitrogens with zero attached hydrogens (tertiary/aromatic N) is 1. The van der Waals surface area contributed by atoms with Gasteiger partial charge in [0.25, 0.3) is 0 Å². The molecule has 1 N–H and O–H groups in total. The van der Waals surface area contributed by atoms with Crippen molar-refractivity contribution in [3.8, 4) is 0 Å². The summed E-state index contributed by atoms with van der Waals surface area (Å²) >= 11 is 0. The van der Waals surface area contributed by atoms with Gasteiger partial charge in [0.1, 0.15) is 0 Å². The highest BCUT2D eigenvalue weighted by Gasteiger charge is 2.14. The molecular weight excluding hydrogens is 292 g/mol. The summed E-state index contributed by atoms with van der Waals surface area (Å²) in [6, 6.07) is 5.71. The molecule has 0 aliphatic rings. The van der Waals surface area contributed by atoms with Crippen LogP contribution in [0.5, 0.6) is 0 Å². The van der Waals surface area contributed by atoms with Gasteiger partial charge in [-0.3, -0.25) is 0 Å². The van der Waals surface area contributed by atoms with E-state index in [0.29, 0.717) is 12.1 Å². The van der Waals surface area contributed by atoms with Crippen molar-refractivity contribution >= 4 is 16.0 Å². The number of hydrogen-bond acceptors (Lipinski definition) is 5. The molecule has 0 radical (unpaired) electrons. The minimum Gasteiger partial charge on any atom is -0.462 e. The Balaban J connectivity index is 2.65. The van der Waals surface area contributed by atoms with E-state index in [-0.39, 0.29) is 11.5 Å². The van der Waals surface area contributed by atoms with Crippen LogP contribution < -0.4 is 4.72 Å². The van der Waals surface area contributed by atoms with Crippen LogP contribution >= 0.6 is 0 Å². The summed E-state index contributed by atoms with van der Waals surface area (Å²) < 4.78 is 31.5. The second-order valence-corrected chi connectivity index (χ2v) is 6.57. The van der Waals surface area contributed by atoms with Crippen LogP contribution in [0.25, 0.3) is 0 Å². The van der Waals surface area contributed by atoms with Crippen molar-refractivity contribution in [2.45, 2.75) is 18.2 Å². The summed E-state index contributed by atoms with van der Waals surface area (Å²) in [6.07, 6.45) is 0.729. The van der Waals surface area contributed by atoms with Gasteiger partial charge in [0.15, 0.2) is 0 Å². The minimum absolute atomic E-state index is 0.139. The van der Waals surface area contributed by atoms with Crippen molar-refractivity contribution in [3.63, 3.8) is 0 Å². The van der Waals surface area contributed by atoms with Crippen LogP contribution in [0, 0.1) is 0 Å². The summed E-state index contributed by atoms with van der Waals surface area (Å²) in [5.41, 5.74) is 0.336. The van der Waals surface area contributed by atoms with Gasteiger partial charge in [0, 0.05) is 6.54 Å². The molecule has 0 aliphatic heterocycles. The molecule has 0 bridgehead atoms. The van der Waals surface area contributed by atoms with E-state index in [2.05, 4.69) is 4.72 Å². The molecule has 0 unspecified atom stereocenters. The molecular formula is C14H22N2O4S. The highest BCUT2D eigenvalue weighted by molar-refractivity contribution is 7.89. The van der Waals surface area contributed by atoms with Gasteiger partial charge in [-0.25, -0.2) is 17.9 Å². The van der Waals surface area contributed by atoms with Crippen LogP contribution in [0.3, 0.4) is 0 Å². The Bertz CT molecular complexity index is 553. The van der Waals surface area contributed by atoms with Crippen LogP contribution in [-0.2, 0) is 14.8 Å². The van der Waals surface area contributed by atoms with Gasteiger partial charge in [-0.1, -0.05) is 0 Å². The number of nitrogens with one attached hydrogen (secondary N) is 1. The first-order valence-corrected chi connectivity index (χ1v) is 8.26. The molecule has 6 nitrogen and oxygen atoms in total. The van der Waals surface area contributed by atoms with Gasteiger partial charge in [0.2, 0.25) is 10.0 Å². The Hall–Kier alpha value is -1.44. The molecule has 0 aromatic heterocycles. The van der Waals surface area contributed by atoms with Gasteiger partial charge >= 0.3 is 5.97 Å². The van der Waals surface area contributed by atoms with E-state index in [1.165, 1.54) is 24.3 Å². The van der Waals surface area contributed by atoms with Gasteiger partial charge < -0.3 is 9.64 Å². The average Bonchev–Trinajstić information content (AvgIpc) is 2.44. The molecule has 7 heteroatoms. The molecule has 0 spiro atoms. The van der Waals surface area contributed by atoms with Crippen molar-refractivity contribution in [1.29, 1.82) is 0 Å². The summed E-state index contributed by atoms with van der Waals surface area (Å²) in [7, 11) is 0.333. The van der Waals surface area contributed by atoms with Crippen LogP contribution in [0.4, 0.5) is 0 Å². The molecule has 0 fully saturated rings. The largest absolute Gasteiger partial charge is 0.462 e. The molecule has 0 heterocycles. The van der Waals surface area contributed by atoms with E-state index in [1.807, 2.05) is 19.0 Å². The van der Waals surface area contributed by atoms with Crippen molar-refractivity contribution in [2.75, 3.05) is 33.8 Å². The quantitative estimate of drug-likeness (QED) is 0.574. The molecule has 0 aliphatic carbocycles. The highest BCUT2D eigenvalue weighted by atomic mass is 32.2. The lowest BCUT2D eigenvalue weighted by Crippen LogP contribution is -2.27. The first-order chi connectivity index (χ1) is 9.86. The lowest BCUT2D eigenvalue weighted by Gasteiger charge is -2.10. The molecule has 1 aromatic carbocycles. The number of esters is 1. The van der Waals surface area contributed by atoms with Crippen molar-refractivity contribution in [3.05, 3.63) is 29.8 Å². The predicted octanol–water partition coefficient (Wildman–Crippen LogP) is 1.09. The first kappa shape index (κ1) is 17.6. The molecule has 0 saturated carbocycles. The first-order valence-electron chi connectivity index (χ1n) is 6.78. The van der Waals surface area contributed by atoms with Crippen molar-refractivity contribution in [2.24, 2.45) is 0 Å². The summed E-state index contributed by atoms with van der Waals surface area (Å²) in [6.45, 7) is 3.19. The smallest absolute Gasteiger partial charge is 0.338 e. The van der Waals surface area contributed by atoms with Crippen molar-refractivity contribution < 1.29 is 17.9 Å². The van der Waals surface area contributed by atoms with Crippen molar-refractivity contribution in [1.82, 2.24) is 9.62 Å². The zero-order valence-corrected chi connectivity index (χ0v) is 13.4. The standard InChI is InChI=1S/C14H22N2O4S/c1-4-20-14(17)12-6-8-13(9-7-12)21(18,19)15-10-5-11-16(2)3/h6-9,15H,4-5,10-11H2,1-3H3. The topological polar surface area (TPSA) is 75.7 Å². The third-order valence-electron chi connectivity index (χ3n) is 2.75. The minimum atomic E-state index is -3.53. The number of carbonyl (C=O) groups is 1. The molecule has 0 atom stereocenters. The third kappa shape index (κ3) is 5.82. The molecule has 0 saturated heterocycles. The molecule has 118 valence electrons. The zero-order valence-electron chi connectivity index (χ0n) is 12.6. The lowest BCUT2D eigenvalue weighted by molar-refractivity contribution is 0.0526. The fourth-order valence-corrected chi connectivity index (χ4v) is 2.74. The van der Waals surface area contributed by atoms with E-state index in [0.717, 1.165) is 13.0 Å². The predicted molar refractivity (Wildman–Crippen MR) is 80.8 cm³/mol. The number of rotatable bonds is 8. The van der Waals surface area contributed by atoms with Crippen LogP contribution in [-0.4, -0.2) is 53.1 Å². The second-order valence-electron chi connectivity index (χ2n) is 4.80. The van der Waals surface area contributed by atoms with E-state index >= 15 is 0 Å². The summed E-state index contributed by atoms with van der Waals surface area (Å²) in [4.78, 5) is 13.6. The van der Waals surface area contributed by atoms with Gasteiger partial charge in [0.05, 0.1) is 17.1 Å². The number of ether oxygens (including phenoxy) is 1. The molecule has 21 heavy (non-hydrogen) atoms. The number of carbonyl (C=O) groups excluding carboxylic acids is 1. The fraction of sp³-hybridized carbons (Fsp3) is 0.500. The maximum absolute atomic E-state index is 12.0. The molecule has 1 aromatic rings. The Kier molecular flexibility index (Phi) is 6.80. The molecule has 0 amide bonds. The average molecular weight is 314 g/mol. The summed E-state index contributed by atoms with van der Waals surface area (Å²) in [5.74, 6) is -0.458. The van der Waals surface area contributed by atoms with Gasteiger partial charge in [-0.05, 0) is 58.3 Å². The molecule has 1 rings (SSSR count). The Labute approximate surface area is 126 Å². The maximum Gasteiger partial charge on any atom is 0.338 e. The zero-order chi connectivity index (χ0) is 15.9. The number of sulfonamides is 1. The van der Waals surface area contributed by atoms with Gasteiger partial charge in [-0.15, -0.1) is 0 Å². The second kappa shape index (κ2) is 8.11. The van der Waals surface area contributed by atoms with E-state index in [1.54, 1.807) is 6.92 Å². The van der Waals surface area contributed by atoms with E-state index in [9.17, 15) is 13.2 Å². The van der Waals surface area contributed by atoms with Crippen LogP contribution in [0.15, 0.2) is 29.2 Å². The highest BCUT2D eigenvalue weighted by Crippen LogP contribution is 2.11.